The van der Waals surface area contributed by atoms with Crippen molar-refractivity contribution in [3.05, 3.63) is 114 Å². The minimum absolute atomic E-state index is 0.187. The molecule has 0 amide bonds. The molecule has 0 atom stereocenters. The van der Waals surface area contributed by atoms with Gasteiger partial charge in [-0.3, -0.25) is 9.80 Å². The van der Waals surface area contributed by atoms with Crippen molar-refractivity contribution in [1.82, 2.24) is 24.9 Å². The maximum atomic E-state index is 9.45. The second-order valence-electron chi connectivity index (χ2n) is 8.00. The second kappa shape index (κ2) is 11.1. The fraction of sp³-hybridized carbons (Fsp3) is 0. The third-order valence-corrected chi connectivity index (χ3v) is 5.49. The van der Waals surface area contributed by atoms with Gasteiger partial charge in [0.15, 0.2) is 0 Å². The Morgan fingerprint density at radius 2 is 0.575 bits per heavy atom. The van der Waals surface area contributed by atoms with Gasteiger partial charge in [0.1, 0.15) is 82.0 Å². The number of nitrogens with zero attached hydrogens (tertiary/aromatic N) is 11. The summed E-state index contributed by atoms with van der Waals surface area (Å²) in [5, 5.41) is 37.8. The number of aromatic nitrogens is 5. The molecule has 5 aromatic rings. The van der Waals surface area contributed by atoms with E-state index in [1.54, 1.807) is 101 Å². The highest BCUT2D eigenvalue weighted by atomic mass is 15.3. The van der Waals surface area contributed by atoms with Gasteiger partial charge in [-0.1, -0.05) is 30.3 Å². The predicted octanol–water partition coefficient (Wildman–Crippen LogP) is 5.09. The van der Waals surface area contributed by atoms with Gasteiger partial charge in [-0.15, -0.1) is 0 Å². The van der Waals surface area contributed by atoms with Crippen LogP contribution in [0.2, 0.25) is 0 Å². The van der Waals surface area contributed by atoms with Crippen LogP contribution in [0.1, 0.15) is 22.8 Å². The lowest BCUT2D eigenvalue weighted by atomic mass is 10.3. The molecular weight excluding hydrogens is 502 g/mol. The van der Waals surface area contributed by atoms with Crippen molar-refractivity contribution >= 4 is 34.9 Å². The van der Waals surface area contributed by atoms with Crippen molar-refractivity contribution in [1.29, 1.82) is 21.0 Å². The monoisotopic (exact) mass is 517 g/mol. The zero-order valence-electron chi connectivity index (χ0n) is 20.6. The SMILES string of the molecule is N#Cc1cccc(N(c2cccc(C#N)n2)c2cccc(N(c3cccc(C#N)n3)c3cccc(C#N)n3)n2)n1. The number of nitriles is 4. The Kier molecular flexibility index (Phi) is 6.96. The zero-order valence-corrected chi connectivity index (χ0v) is 20.6. The molecule has 5 rings (SSSR count). The van der Waals surface area contributed by atoms with Gasteiger partial charge >= 0.3 is 0 Å². The molecule has 5 aromatic heterocycles. The van der Waals surface area contributed by atoms with E-state index in [1.165, 1.54) is 0 Å². The summed E-state index contributed by atoms with van der Waals surface area (Å²) in [5.74, 6) is 2.14. The molecule has 0 aliphatic heterocycles. The molecule has 5 heterocycles. The Morgan fingerprint density at radius 1 is 0.350 bits per heavy atom. The standard InChI is InChI=1S/C29H15N11/c30-16-20-6-1-10-24(34-20)39(25-11-2-7-21(17-31)35-25)28-14-5-15-29(38-28)40(26-12-3-8-22(18-32)36-26)27-13-4-9-23(19-33)37-27/h1-15H. The highest BCUT2D eigenvalue weighted by Crippen LogP contribution is 2.35. The van der Waals surface area contributed by atoms with Gasteiger partial charge < -0.3 is 0 Å². The number of anilines is 6. The Hall–Kier alpha value is -6.69. The Bertz CT molecular complexity index is 1640. The maximum Gasteiger partial charge on any atom is 0.142 e. The van der Waals surface area contributed by atoms with Gasteiger partial charge in [-0.25, -0.2) is 24.9 Å². The van der Waals surface area contributed by atoms with E-state index in [0.29, 0.717) is 34.9 Å². The Balaban J connectivity index is 1.72. The van der Waals surface area contributed by atoms with E-state index in [4.69, 9.17) is 4.98 Å². The molecule has 11 nitrogen and oxygen atoms in total. The quantitative estimate of drug-likeness (QED) is 0.294. The first kappa shape index (κ1) is 25.0. The zero-order chi connectivity index (χ0) is 27.9. The molecule has 0 radical (unpaired) electrons. The molecule has 0 saturated carbocycles. The van der Waals surface area contributed by atoms with E-state index in [2.05, 4.69) is 19.9 Å². The number of rotatable bonds is 6. The average Bonchev–Trinajstić information content (AvgIpc) is 3.02. The first-order chi connectivity index (χ1) is 19.6. The van der Waals surface area contributed by atoms with Gasteiger partial charge in [0.2, 0.25) is 0 Å². The van der Waals surface area contributed by atoms with Crippen LogP contribution in [0.25, 0.3) is 0 Å². The van der Waals surface area contributed by atoms with Crippen molar-refractivity contribution in [2.45, 2.75) is 0 Å². The molecule has 0 aliphatic carbocycles. The lowest BCUT2D eigenvalue weighted by Crippen LogP contribution is -2.19. The number of hydrogen-bond acceptors (Lipinski definition) is 11. The fourth-order valence-electron chi connectivity index (χ4n) is 3.81. The van der Waals surface area contributed by atoms with E-state index in [1.807, 2.05) is 24.3 Å². The predicted molar refractivity (Wildman–Crippen MR) is 144 cm³/mol. The van der Waals surface area contributed by atoms with Crippen LogP contribution < -0.4 is 9.80 Å². The minimum Gasteiger partial charge on any atom is -0.262 e. The summed E-state index contributed by atoms with van der Waals surface area (Å²) in [4.78, 5) is 25.8. The third kappa shape index (κ3) is 5.07. The van der Waals surface area contributed by atoms with Crippen LogP contribution >= 0.6 is 0 Å². The normalized spacial score (nSPS) is 9.90. The van der Waals surface area contributed by atoms with Crippen molar-refractivity contribution < 1.29 is 0 Å². The largest absolute Gasteiger partial charge is 0.262 e. The van der Waals surface area contributed by atoms with Gasteiger partial charge in [0, 0.05) is 0 Å². The first-order valence-electron chi connectivity index (χ1n) is 11.7. The van der Waals surface area contributed by atoms with Crippen molar-refractivity contribution in [3.8, 4) is 24.3 Å². The molecular formula is C29H15N11. The van der Waals surface area contributed by atoms with E-state index < -0.39 is 0 Å². The lowest BCUT2D eigenvalue weighted by molar-refractivity contribution is 1.04. The van der Waals surface area contributed by atoms with E-state index >= 15 is 0 Å². The van der Waals surface area contributed by atoms with Gasteiger partial charge in [-0.2, -0.15) is 21.0 Å². The highest BCUT2D eigenvalue weighted by molar-refractivity contribution is 5.75. The molecule has 186 valence electrons. The molecule has 40 heavy (non-hydrogen) atoms. The highest BCUT2D eigenvalue weighted by Gasteiger charge is 2.22. The Morgan fingerprint density at radius 3 is 0.825 bits per heavy atom. The summed E-state index contributed by atoms with van der Waals surface area (Å²) >= 11 is 0. The molecule has 0 aromatic carbocycles. The van der Waals surface area contributed by atoms with Crippen LogP contribution in [-0.4, -0.2) is 24.9 Å². The summed E-state index contributed by atoms with van der Waals surface area (Å²) in [6, 6.07) is 33.2. The van der Waals surface area contributed by atoms with Gasteiger partial charge in [0.25, 0.3) is 0 Å². The van der Waals surface area contributed by atoms with E-state index in [0.717, 1.165) is 0 Å². The van der Waals surface area contributed by atoms with Crippen LogP contribution in [-0.2, 0) is 0 Å². The van der Waals surface area contributed by atoms with Crippen molar-refractivity contribution in [2.75, 3.05) is 9.80 Å². The third-order valence-electron chi connectivity index (χ3n) is 5.49. The molecule has 0 unspecified atom stereocenters. The summed E-state index contributed by atoms with van der Waals surface area (Å²) in [6.45, 7) is 0. The van der Waals surface area contributed by atoms with Gasteiger partial charge in [-0.05, 0) is 60.7 Å². The summed E-state index contributed by atoms with van der Waals surface area (Å²) in [7, 11) is 0. The van der Waals surface area contributed by atoms with E-state index in [9.17, 15) is 21.0 Å². The molecule has 0 spiro atoms. The van der Waals surface area contributed by atoms with Crippen LogP contribution in [0.5, 0.6) is 0 Å². The van der Waals surface area contributed by atoms with Crippen LogP contribution in [0, 0.1) is 45.3 Å². The number of pyridine rings is 5. The smallest absolute Gasteiger partial charge is 0.142 e. The molecule has 0 aliphatic rings. The van der Waals surface area contributed by atoms with Crippen molar-refractivity contribution in [3.63, 3.8) is 0 Å². The average molecular weight is 518 g/mol. The lowest BCUT2D eigenvalue weighted by Gasteiger charge is -2.26. The van der Waals surface area contributed by atoms with Crippen LogP contribution in [0.4, 0.5) is 34.9 Å². The number of hydrogen-bond donors (Lipinski definition) is 0. The molecule has 11 heteroatoms. The molecule has 0 fully saturated rings. The summed E-state index contributed by atoms with van der Waals surface area (Å²) in [6.07, 6.45) is 0. The van der Waals surface area contributed by atoms with Gasteiger partial charge in [0.05, 0.1) is 0 Å². The topological polar surface area (TPSA) is 166 Å². The minimum atomic E-state index is 0.187. The van der Waals surface area contributed by atoms with Crippen molar-refractivity contribution in [2.24, 2.45) is 0 Å². The first-order valence-corrected chi connectivity index (χ1v) is 11.7. The van der Waals surface area contributed by atoms with Crippen LogP contribution in [0.15, 0.2) is 91.0 Å². The molecule has 0 N–H and O–H groups in total. The summed E-state index contributed by atoms with van der Waals surface area (Å²) in [5.41, 5.74) is 0.747. The second-order valence-corrected chi connectivity index (χ2v) is 8.00. The van der Waals surface area contributed by atoms with E-state index in [-0.39, 0.29) is 22.8 Å². The maximum absolute atomic E-state index is 9.45. The van der Waals surface area contributed by atoms with Crippen LogP contribution in [0.3, 0.4) is 0 Å². The summed E-state index contributed by atoms with van der Waals surface area (Å²) < 4.78 is 0. The molecule has 0 saturated heterocycles. The fourth-order valence-corrected chi connectivity index (χ4v) is 3.81. The Labute approximate surface area is 228 Å². The molecule has 0 bridgehead atoms.